The number of nitrogens with one attached hydrogen (secondary N) is 1. The lowest BCUT2D eigenvalue weighted by Crippen LogP contribution is -2.52. The average molecular weight is 450 g/mol. The van der Waals surface area contributed by atoms with E-state index in [2.05, 4.69) is 5.32 Å². The lowest BCUT2D eigenvalue weighted by molar-refractivity contribution is -0.0303. The van der Waals surface area contributed by atoms with E-state index in [-0.39, 0.29) is 18.5 Å². The molecule has 1 aliphatic heterocycles. The minimum atomic E-state index is -1.02. The number of hydrogen-bond acceptors (Lipinski definition) is 5. The van der Waals surface area contributed by atoms with Crippen LogP contribution in [0.1, 0.15) is 44.0 Å². The SMILES string of the molecule is CC(C)(C)OC(=O)N1CCC(O)(CNC(=O)c2ccoc2I)CC1. The van der Waals surface area contributed by atoms with Crippen LogP contribution in [0.25, 0.3) is 0 Å². The third-order valence-corrected chi connectivity index (χ3v) is 4.62. The first-order valence-corrected chi connectivity index (χ1v) is 8.89. The molecule has 2 amide bonds. The number of carbonyl (C=O) groups excluding carboxylic acids is 2. The fourth-order valence-electron chi connectivity index (χ4n) is 2.40. The molecule has 2 N–H and O–H groups in total. The number of nitrogens with zero attached hydrogens (tertiary/aromatic N) is 1. The zero-order valence-corrected chi connectivity index (χ0v) is 16.3. The Bertz CT molecular complexity index is 600. The molecule has 2 rings (SSSR count). The summed E-state index contributed by atoms with van der Waals surface area (Å²) in [7, 11) is 0. The van der Waals surface area contributed by atoms with Crippen molar-refractivity contribution in [3.63, 3.8) is 0 Å². The van der Waals surface area contributed by atoms with E-state index < -0.39 is 11.2 Å². The average Bonchev–Trinajstić information content (AvgIpc) is 2.90. The van der Waals surface area contributed by atoms with Crippen LogP contribution < -0.4 is 5.32 Å². The number of furan rings is 1. The first-order valence-electron chi connectivity index (χ1n) is 7.81. The van der Waals surface area contributed by atoms with Crippen molar-refractivity contribution in [2.24, 2.45) is 0 Å². The summed E-state index contributed by atoms with van der Waals surface area (Å²) in [6.07, 6.45) is 1.84. The highest BCUT2D eigenvalue weighted by Gasteiger charge is 2.35. The van der Waals surface area contributed by atoms with Gasteiger partial charge in [0.2, 0.25) is 0 Å². The number of carbonyl (C=O) groups is 2. The summed E-state index contributed by atoms with van der Waals surface area (Å²) in [6.45, 7) is 6.37. The quantitative estimate of drug-likeness (QED) is 0.691. The molecule has 1 aromatic rings. The van der Waals surface area contributed by atoms with E-state index in [1.165, 1.54) is 6.26 Å². The summed E-state index contributed by atoms with van der Waals surface area (Å²) < 4.78 is 10.9. The van der Waals surface area contributed by atoms with Gasteiger partial charge in [0.15, 0.2) is 3.77 Å². The predicted molar refractivity (Wildman–Crippen MR) is 95.7 cm³/mol. The summed E-state index contributed by atoms with van der Waals surface area (Å²) in [4.78, 5) is 25.7. The van der Waals surface area contributed by atoms with Gasteiger partial charge in [0.05, 0.1) is 17.4 Å². The number of ether oxygens (including phenoxy) is 1. The first-order chi connectivity index (χ1) is 11.1. The molecule has 134 valence electrons. The van der Waals surface area contributed by atoms with Crippen molar-refractivity contribution in [1.29, 1.82) is 0 Å². The van der Waals surface area contributed by atoms with E-state index in [9.17, 15) is 14.7 Å². The second kappa shape index (κ2) is 7.30. The van der Waals surface area contributed by atoms with E-state index in [4.69, 9.17) is 9.15 Å². The smallest absolute Gasteiger partial charge is 0.410 e. The zero-order chi connectivity index (χ0) is 18.0. The summed E-state index contributed by atoms with van der Waals surface area (Å²) >= 11 is 1.94. The van der Waals surface area contributed by atoms with Gasteiger partial charge in [0, 0.05) is 42.2 Å². The molecule has 1 aromatic heterocycles. The third kappa shape index (κ3) is 5.10. The molecular formula is C16H23IN2O5. The maximum atomic E-state index is 12.1. The fraction of sp³-hybridized carbons (Fsp3) is 0.625. The van der Waals surface area contributed by atoms with Crippen LogP contribution in [0.5, 0.6) is 0 Å². The topological polar surface area (TPSA) is 92.0 Å². The van der Waals surface area contributed by atoms with Crippen molar-refractivity contribution in [3.8, 4) is 0 Å². The molecule has 24 heavy (non-hydrogen) atoms. The maximum absolute atomic E-state index is 12.1. The van der Waals surface area contributed by atoms with Gasteiger partial charge in [0.1, 0.15) is 5.60 Å². The Morgan fingerprint density at radius 1 is 1.42 bits per heavy atom. The van der Waals surface area contributed by atoms with Crippen LogP contribution in [0.3, 0.4) is 0 Å². The number of halogens is 1. The predicted octanol–water partition coefficient (Wildman–Crippen LogP) is 2.38. The van der Waals surface area contributed by atoms with Crippen LogP contribution in [0.4, 0.5) is 4.79 Å². The van der Waals surface area contributed by atoms with Crippen molar-refractivity contribution in [1.82, 2.24) is 10.2 Å². The number of amides is 2. The van der Waals surface area contributed by atoms with Gasteiger partial charge >= 0.3 is 6.09 Å². The van der Waals surface area contributed by atoms with Crippen molar-refractivity contribution >= 4 is 34.6 Å². The largest absolute Gasteiger partial charge is 0.458 e. The molecule has 1 aliphatic rings. The van der Waals surface area contributed by atoms with Crippen LogP contribution in [0.2, 0.25) is 0 Å². The molecule has 0 aliphatic carbocycles. The van der Waals surface area contributed by atoms with Crippen LogP contribution in [-0.2, 0) is 4.74 Å². The van der Waals surface area contributed by atoms with Gasteiger partial charge in [-0.15, -0.1) is 0 Å². The Hall–Kier alpha value is -1.29. The van der Waals surface area contributed by atoms with Crippen molar-refractivity contribution in [3.05, 3.63) is 21.7 Å². The Labute approximate surface area is 154 Å². The molecule has 8 heteroatoms. The third-order valence-electron chi connectivity index (χ3n) is 3.79. The lowest BCUT2D eigenvalue weighted by Gasteiger charge is -2.38. The van der Waals surface area contributed by atoms with Gasteiger partial charge in [-0.3, -0.25) is 4.79 Å². The Balaban J connectivity index is 1.83. The van der Waals surface area contributed by atoms with Crippen molar-refractivity contribution in [2.45, 2.75) is 44.8 Å². The highest BCUT2D eigenvalue weighted by Crippen LogP contribution is 2.23. The summed E-state index contributed by atoms with van der Waals surface area (Å²) in [5.74, 6) is -0.281. The minimum Gasteiger partial charge on any atom is -0.458 e. The van der Waals surface area contributed by atoms with Gasteiger partial charge in [-0.25, -0.2) is 4.79 Å². The Morgan fingerprint density at radius 3 is 2.54 bits per heavy atom. The molecule has 1 saturated heterocycles. The summed E-state index contributed by atoms with van der Waals surface area (Å²) in [6, 6.07) is 1.59. The molecule has 0 radical (unpaired) electrons. The van der Waals surface area contributed by atoms with Crippen LogP contribution in [0, 0.1) is 3.77 Å². The lowest BCUT2D eigenvalue weighted by atomic mass is 9.91. The molecule has 0 aromatic carbocycles. The second-order valence-corrected chi connectivity index (χ2v) is 7.96. The zero-order valence-electron chi connectivity index (χ0n) is 14.1. The Morgan fingerprint density at radius 2 is 2.04 bits per heavy atom. The van der Waals surface area contributed by atoms with E-state index in [0.717, 1.165) is 0 Å². The molecule has 1 fully saturated rings. The number of likely N-dealkylation sites (tertiary alicyclic amines) is 1. The number of aliphatic hydroxyl groups is 1. The number of piperidine rings is 1. The fourth-order valence-corrected chi connectivity index (χ4v) is 2.98. The summed E-state index contributed by atoms with van der Waals surface area (Å²) in [5.41, 5.74) is -1.12. The Kier molecular flexibility index (Phi) is 5.79. The van der Waals surface area contributed by atoms with Gasteiger partial charge in [-0.05, 0) is 39.7 Å². The molecular weight excluding hydrogens is 427 g/mol. The van der Waals surface area contributed by atoms with Crippen molar-refractivity contribution in [2.75, 3.05) is 19.6 Å². The van der Waals surface area contributed by atoms with E-state index in [1.54, 1.807) is 11.0 Å². The summed E-state index contributed by atoms with van der Waals surface area (Å²) in [5, 5.41) is 13.3. The minimum absolute atomic E-state index is 0.134. The van der Waals surface area contributed by atoms with Gasteiger partial charge in [0.25, 0.3) is 5.91 Å². The molecule has 0 bridgehead atoms. The molecule has 0 saturated carbocycles. The standard InChI is InChI=1S/C16H23IN2O5/c1-15(2,3)24-14(21)19-7-5-16(22,6-8-19)10-18-13(20)11-4-9-23-12(11)17/h4,9,22H,5-8,10H2,1-3H3,(H,18,20). The highest BCUT2D eigenvalue weighted by molar-refractivity contribution is 14.1. The molecule has 0 spiro atoms. The van der Waals surface area contributed by atoms with Crippen LogP contribution >= 0.6 is 22.6 Å². The van der Waals surface area contributed by atoms with Gasteiger partial charge in [-0.2, -0.15) is 0 Å². The van der Waals surface area contributed by atoms with Gasteiger partial charge in [-0.1, -0.05) is 0 Å². The maximum Gasteiger partial charge on any atom is 0.410 e. The second-order valence-electron chi connectivity index (χ2n) is 6.98. The van der Waals surface area contributed by atoms with E-state index >= 15 is 0 Å². The normalized spacial score (nSPS) is 17.5. The highest BCUT2D eigenvalue weighted by atomic mass is 127. The molecule has 0 atom stereocenters. The number of rotatable bonds is 3. The van der Waals surface area contributed by atoms with Crippen molar-refractivity contribution < 1.29 is 23.8 Å². The van der Waals surface area contributed by atoms with E-state index in [1.807, 2.05) is 43.4 Å². The van der Waals surface area contributed by atoms with Crippen LogP contribution in [0.15, 0.2) is 16.7 Å². The van der Waals surface area contributed by atoms with Gasteiger partial charge < -0.3 is 24.5 Å². The molecule has 2 heterocycles. The van der Waals surface area contributed by atoms with E-state index in [0.29, 0.717) is 35.3 Å². The first kappa shape index (κ1) is 19.0. The monoisotopic (exact) mass is 450 g/mol. The number of hydrogen-bond donors (Lipinski definition) is 2. The molecule has 0 unspecified atom stereocenters. The van der Waals surface area contributed by atoms with Crippen LogP contribution in [-0.4, -0.2) is 52.8 Å². The molecule has 7 nitrogen and oxygen atoms in total.